The molecule has 0 saturated carbocycles. The Bertz CT molecular complexity index is 2440. The minimum Gasteiger partial charge on any atom is -0.382 e. The summed E-state index contributed by atoms with van der Waals surface area (Å²) < 4.78 is 7.16. The van der Waals surface area contributed by atoms with E-state index in [9.17, 15) is 9.59 Å². The molecular weight excluding hydrogens is 919 g/mol. The van der Waals surface area contributed by atoms with Crippen molar-refractivity contribution in [2.75, 3.05) is 11.5 Å². The molecule has 334 valence electrons. The van der Waals surface area contributed by atoms with Crippen LogP contribution in [0.1, 0.15) is 119 Å². The second-order valence-corrected chi connectivity index (χ2v) is 29.9. The molecule has 10 heteroatoms. The van der Waals surface area contributed by atoms with Gasteiger partial charge in [0.1, 0.15) is 17.3 Å². The molecule has 0 atom stereocenters. The number of carbonyl (C=O) groups excluding carboxylic acids is 2. The fourth-order valence-corrected chi connectivity index (χ4v) is 20.7. The number of aromatic nitrogens is 4. The number of unbranched alkanes of at least 4 members (excludes halogenated alkanes) is 3. The summed E-state index contributed by atoms with van der Waals surface area (Å²) in [7, 11) is 0. The summed E-state index contributed by atoms with van der Waals surface area (Å²) in [4.78, 5) is 40.9. The number of hydrogen-bond donors (Lipinski definition) is 2. The summed E-state index contributed by atoms with van der Waals surface area (Å²) in [5.41, 5.74) is 21.7. The number of aldehydes is 2. The van der Waals surface area contributed by atoms with Crippen LogP contribution >= 0.6 is 11.6 Å². The number of rotatable bonds is 19. The maximum absolute atomic E-state index is 11.5. The fourth-order valence-electron chi connectivity index (χ4n) is 7.57. The molecular formula is C54H65ClN6O2Sn. The van der Waals surface area contributed by atoms with E-state index in [-0.39, 0.29) is 5.15 Å². The first kappa shape index (κ1) is 51.2. The standard InChI is InChI=1S/C21H19N3O.C19H16ClN3O.3C4H9.C2H3.Sn/c1-3-18-20(17-10-9-14(2)11-16(17)13-25)23-19(21(22)24-18)12-15-7-5-4-6-8-15;1-12-7-8-15(14(9-12)11-24)17-18(20)23-19(21)16(22-17)10-13-5-3-2-4-6-13;3*1-3-4-2;1-2;/h3-11,13H,1,12H2,2H3,(H2,22,24);2-9,11H,10H2,1H3,(H2,21,23);3*1,3-4H2,2H3;1H,2H2;. The number of nitrogens with two attached hydrogens (primary N) is 2. The number of aryl methyl sites for hydroxylation is 2. The van der Waals surface area contributed by atoms with Crippen molar-refractivity contribution in [3.63, 3.8) is 0 Å². The predicted molar refractivity (Wildman–Crippen MR) is 273 cm³/mol. The van der Waals surface area contributed by atoms with Crippen molar-refractivity contribution in [3.8, 4) is 22.5 Å². The molecule has 0 aliphatic rings. The van der Waals surface area contributed by atoms with E-state index in [1.807, 2.05) is 105 Å². The number of carbonyl (C=O) groups is 2. The van der Waals surface area contributed by atoms with E-state index in [1.54, 1.807) is 25.5 Å². The minimum absolute atomic E-state index is 0.191. The maximum Gasteiger partial charge on any atom is 0.157 e. The van der Waals surface area contributed by atoms with E-state index < -0.39 is 18.4 Å². The van der Waals surface area contributed by atoms with E-state index in [2.05, 4.69) is 53.0 Å². The van der Waals surface area contributed by atoms with Crippen LogP contribution in [0.25, 0.3) is 28.6 Å². The van der Waals surface area contributed by atoms with Gasteiger partial charge < -0.3 is 11.5 Å². The molecule has 0 aliphatic heterocycles. The molecule has 0 aliphatic carbocycles. The molecule has 0 fully saturated rings. The Morgan fingerprint density at radius 3 is 1.42 bits per heavy atom. The molecule has 4 aromatic carbocycles. The van der Waals surface area contributed by atoms with E-state index >= 15 is 0 Å². The Kier molecular flexibility index (Phi) is 21.1. The molecule has 0 saturated heterocycles. The average Bonchev–Trinajstić information content (AvgIpc) is 3.31. The van der Waals surface area contributed by atoms with E-state index in [1.165, 1.54) is 38.5 Å². The van der Waals surface area contributed by atoms with Crippen LogP contribution in [0, 0.1) is 13.8 Å². The molecule has 4 N–H and O–H groups in total. The normalized spacial score (nSPS) is 10.8. The zero-order valence-corrected chi connectivity index (χ0v) is 42.0. The van der Waals surface area contributed by atoms with E-state index in [0.717, 1.165) is 40.4 Å². The van der Waals surface area contributed by atoms with Crippen molar-refractivity contribution in [2.24, 2.45) is 0 Å². The summed E-state index contributed by atoms with van der Waals surface area (Å²) >= 11 is 4.39. The van der Waals surface area contributed by atoms with Crippen LogP contribution in [0.15, 0.2) is 114 Å². The molecule has 6 aromatic rings. The number of halogens is 1. The topological polar surface area (TPSA) is 138 Å². The van der Waals surface area contributed by atoms with Crippen LogP contribution < -0.4 is 11.5 Å². The minimum atomic E-state index is -1.85. The molecule has 2 heterocycles. The van der Waals surface area contributed by atoms with Gasteiger partial charge >= 0.3 is 102 Å². The molecule has 8 nitrogen and oxygen atoms in total. The molecule has 0 spiro atoms. The van der Waals surface area contributed by atoms with E-state index in [4.69, 9.17) is 28.1 Å². The number of hydrogen-bond acceptors (Lipinski definition) is 8. The van der Waals surface area contributed by atoms with Crippen LogP contribution in [0.2, 0.25) is 18.5 Å². The average molecular weight is 984 g/mol. The molecule has 0 unspecified atom stereocenters. The van der Waals surface area contributed by atoms with Crippen molar-refractivity contribution in [1.29, 1.82) is 0 Å². The molecule has 0 bridgehead atoms. The molecule has 6 rings (SSSR count). The second-order valence-electron chi connectivity index (χ2n) is 16.3. The Morgan fingerprint density at radius 1 is 0.594 bits per heavy atom. The van der Waals surface area contributed by atoms with Gasteiger partial charge in [-0.3, -0.25) is 9.59 Å². The zero-order valence-electron chi connectivity index (χ0n) is 38.4. The Morgan fingerprint density at radius 2 is 1.02 bits per heavy atom. The Balaban J connectivity index is 0.000000218. The first-order chi connectivity index (χ1) is 30.9. The van der Waals surface area contributed by atoms with Gasteiger partial charge in [-0.15, -0.1) is 0 Å². The smallest absolute Gasteiger partial charge is 0.157 e. The summed E-state index contributed by atoms with van der Waals surface area (Å²) in [5.74, 6) is 0.676. The third kappa shape index (κ3) is 14.8. The van der Waals surface area contributed by atoms with E-state index in [0.29, 0.717) is 69.6 Å². The van der Waals surface area contributed by atoms with Crippen molar-refractivity contribution >= 4 is 60.3 Å². The summed E-state index contributed by atoms with van der Waals surface area (Å²) in [6.45, 7) is 18.8. The molecule has 64 heavy (non-hydrogen) atoms. The SMILES string of the molecule is C=Cc1nc(N)c(Cc2ccccc2)nc1-c1ccc(C)cc1C=O.C=[CH][Sn]([CH2]CCC)([CH2]CCC)[CH2]CCC.Cc1ccc(-c2nc(Cc3ccccc3)c(N)nc2Cl)c(C=O)c1. The quantitative estimate of drug-likeness (QED) is 0.0604. The van der Waals surface area contributed by atoms with Crippen molar-refractivity contribution in [1.82, 2.24) is 19.9 Å². The van der Waals surface area contributed by atoms with Gasteiger partial charge in [-0.1, -0.05) is 114 Å². The van der Waals surface area contributed by atoms with Gasteiger partial charge in [-0.2, -0.15) is 0 Å². The van der Waals surface area contributed by atoms with Crippen LogP contribution in [0.3, 0.4) is 0 Å². The van der Waals surface area contributed by atoms with Gasteiger partial charge in [-0.25, -0.2) is 19.9 Å². The maximum atomic E-state index is 11.5. The number of nitrogens with zero attached hydrogens (tertiary/aromatic N) is 4. The Hall–Kier alpha value is -5.45. The summed E-state index contributed by atoms with van der Waals surface area (Å²) in [5, 5.41) is 0.191. The second kappa shape index (κ2) is 26.4. The Labute approximate surface area is 390 Å². The third-order valence-corrected chi connectivity index (χ3v) is 25.6. The third-order valence-electron chi connectivity index (χ3n) is 11.3. The number of anilines is 2. The van der Waals surface area contributed by atoms with Gasteiger partial charge in [-0.05, 0) is 43.2 Å². The van der Waals surface area contributed by atoms with Gasteiger partial charge in [0.05, 0.1) is 22.8 Å². The van der Waals surface area contributed by atoms with Gasteiger partial charge in [0.15, 0.2) is 17.7 Å². The summed E-state index contributed by atoms with van der Waals surface area (Å²) in [6, 6.07) is 31.0. The van der Waals surface area contributed by atoms with Crippen molar-refractivity contribution < 1.29 is 9.59 Å². The molecule has 2 aromatic heterocycles. The summed E-state index contributed by atoms with van der Waals surface area (Å²) in [6.07, 6.45) is 12.8. The fraction of sp³-hybridized carbons (Fsp3) is 0.296. The number of nitrogen functional groups attached to an aromatic ring is 2. The van der Waals surface area contributed by atoms with Gasteiger partial charge in [0, 0.05) is 35.1 Å². The molecule has 0 amide bonds. The first-order valence-electron chi connectivity index (χ1n) is 22.4. The molecule has 0 radical (unpaired) electrons. The largest absolute Gasteiger partial charge is 0.382 e. The van der Waals surface area contributed by atoms with Crippen molar-refractivity contribution in [2.45, 2.75) is 99.3 Å². The number of benzene rings is 4. The first-order valence-corrected chi connectivity index (χ1v) is 30.5. The monoisotopic (exact) mass is 984 g/mol. The van der Waals surface area contributed by atoms with Crippen LogP contribution in [0.4, 0.5) is 11.6 Å². The zero-order chi connectivity index (χ0) is 46.5. The van der Waals surface area contributed by atoms with Crippen LogP contribution in [-0.2, 0) is 12.8 Å². The van der Waals surface area contributed by atoms with Gasteiger partial charge in [0.2, 0.25) is 0 Å². The van der Waals surface area contributed by atoms with Crippen LogP contribution in [-0.4, -0.2) is 50.9 Å². The van der Waals surface area contributed by atoms with Gasteiger partial charge in [0.25, 0.3) is 0 Å². The van der Waals surface area contributed by atoms with Crippen molar-refractivity contribution in [3.05, 3.63) is 170 Å². The van der Waals surface area contributed by atoms with Crippen LogP contribution in [0.5, 0.6) is 0 Å². The predicted octanol–water partition coefficient (Wildman–Crippen LogP) is 13.7.